The van der Waals surface area contributed by atoms with E-state index in [9.17, 15) is 4.79 Å². The maximum absolute atomic E-state index is 10.8. The van der Waals surface area contributed by atoms with Crippen molar-refractivity contribution in [3.05, 3.63) is 23.7 Å². The van der Waals surface area contributed by atoms with E-state index in [2.05, 4.69) is 12.2 Å². The van der Waals surface area contributed by atoms with Crippen LogP contribution in [0, 0.1) is 5.41 Å². The molecule has 4 nitrogen and oxygen atoms in total. The average molecular weight is 265 g/mol. The molecule has 1 aliphatic carbocycles. The Hall–Kier alpha value is -1.29. The fraction of sp³-hybridized carbons (Fsp3) is 0.667. The van der Waals surface area contributed by atoms with Crippen molar-refractivity contribution in [2.45, 2.75) is 52.0 Å². The van der Waals surface area contributed by atoms with E-state index in [1.165, 1.54) is 38.2 Å². The molecule has 2 N–H and O–H groups in total. The average Bonchev–Trinajstić information content (AvgIpc) is 3.06. The maximum atomic E-state index is 10.8. The van der Waals surface area contributed by atoms with E-state index in [4.69, 9.17) is 9.52 Å². The van der Waals surface area contributed by atoms with Gasteiger partial charge in [-0.25, -0.2) is 4.79 Å². The van der Waals surface area contributed by atoms with Crippen LogP contribution in [-0.2, 0) is 0 Å². The summed E-state index contributed by atoms with van der Waals surface area (Å²) in [6, 6.07) is 3.31. The highest BCUT2D eigenvalue weighted by Gasteiger charge is 2.32. The molecule has 1 heterocycles. The molecule has 2 rings (SSSR count). The Bertz CT molecular complexity index is 432. The summed E-state index contributed by atoms with van der Waals surface area (Å²) in [7, 11) is 0. The summed E-state index contributed by atoms with van der Waals surface area (Å²) in [5, 5.41) is 12.3. The lowest BCUT2D eigenvalue weighted by Crippen LogP contribution is -2.33. The van der Waals surface area contributed by atoms with Crippen LogP contribution in [0.3, 0.4) is 0 Å². The largest absolute Gasteiger partial charge is 0.475 e. The van der Waals surface area contributed by atoms with Crippen LogP contribution in [0.4, 0.5) is 0 Å². The molecule has 1 aliphatic rings. The predicted molar refractivity (Wildman–Crippen MR) is 73.3 cm³/mol. The molecule has 1 fully saturated rings. The van der Waals surface area contributed by atoms with E-state index >= 15 is 0 Å². The second-order valence-electron chi connectivity index (χ2n) is 5.67. The van der Waals surface area contributed by atoms with Gasteiger partial charge in [-0.05, 0) is 43.7 Å². The van der Waals surface area contributed by atoms with Crippen molar-refractivity contribution in [1.29, 1.82) is 0 Å². The highest BCUT2D eigenvalue weighted by Crippen LogP contribution is 2.40. The third kappa shape index (κ3) is 3.18. The summed E-state index contributed by atoms with van der Waals surface area (Å²) in [5.41, 5.74) is 0.427. The van der Waals surface area contributed by atoms with Crippen molar-refractivity contribution in [2.24, 2.45) is 5.41 Å². The minimum absolute atomic E-state index is 0.00900. The summed E-state index contributed by atoms with van der Waals surface area (Å²) in [6.45, 7) is 5.25. The smallest absolute Gasteiger partial charge is 0.371 e. The summed E-state index contributed by atoms with van der Waals surface area (Å²) in [4.78, 5) is 10.8. The first-order valence-electron chi connectivity index (χ1n) is 7.13. The van der Waals surface area contributed by atoms with E-state index in [0.717, 1.165) is 6.54 Å². The Morgan fingerprint density at radius 2 is 2.16 bits per heavy atom. The molecule has 4 heteroatoms. The molecule has 19 heavy (non-hydrogen) atoms. The molecule has 0 spiro atoms. The topological polar surface area (TPSA) is 62.5 Å². The van der Waals surface area contributed by atoms with Crippen LogP contribution in [0.25, 0.3) is 0 Å². The van der Waals surface area contributed by atoms with Crippen molar-refractivity contribution < 1.29 is 14.3 Å². The standard InChI is InChI=1S/C15H23NO3/c1-3-15(8-4-5-9-15)10-16-11(2)12-6-7-13(19-12)14(17)18/h6-7,11,16H,3-5,8-10H2,1-2H3,(H,17,18). The van der Waals surface area contributed by atoms with Gasteiger partial charge in [-0.2, -0.15) is 0 Å². The zero-order valence-electron chi connectivity index (χ0n) is 11.7. The maximum Gasteiger partial charge on any atom is 0.371 e. The number of carbonyl (C=O) groups is 1. The van der Waals surface area contributed by atoms with Crippen LogP contribution in [0.2, 0.25) is 0 Å². The lowest BCUT2D eigenvalue weighted by molar-refractivity contribution is 0.0659. The Morgan fingerprint density at radius 1 is 1.47 bits per heavy atom. The van der Waals surface area contributed by atoms with Crippen LogP contribution in [0.5, 0.6) is 0 Å². The summed E-state index contributed by atoms with van der Waals surface area (Å²) >= 11 is 0. The highest BCUT2D eigenvalue weighted by atomic mass is 16.4. The van der Waals surface area contributed by atoms with Crippen molar-refractivity contribution in [1.82, 2.24) is 5.32 Å². The number of carboxylic acid groups (broad SMARTS) is 1. The molecule has 1 aromatic heterocycles. The minimum atomic E-state index is -1.01. The predicted octanol–water partition coefficient (Wildman–Crippen LogP) is 3.60. The first-order valence-corrected chi connectivity index (χ1v) is 7.13. The number of hydrogen-bond acceptors (Lipinski definition) is 3. The molecule has 1 atom stereocenters. The highest BCUT2D eigenvalue weighted by molar-refractivity contribution is 5.84. The van der Waals surface area contributed by atoms with E-state index in [1.54, 1.807) is 6.07 Å². The Labute approximate surface area is 114 Å². The molecule has 106 valence electrons. The van der Waals surface area contributed by atoms with Crippen molar-refractivity contribution >= 4 is 5.97 Å². The summed E-state index contributed by atoms with van der Waals surface area (Å²) < 4.78 is 5.33. The molecule has 0 aliphatic heterocycles. The van der Waals surface area contributed by atoms with Crippen LogP contribution < -0.4 is 5.32 Å². The molecule has 0 aromatic carbocycles. The van der Waals surface area contributed by atoms with Gasteiger partial charge in [0.05, 0.1) is 6.04 Å². The van der Waals surface area contributed by atoms with Crippen molar-refractivity contribution in [2.75, 3.05) is 6.54 Å². The van der Waals surface area contributed by atoms with Gasteiger partial charge < -0.3 is 14.8 Å². The number of carboxylic acids is 1. The fourth-order valence-corrected chi connectivity index (χ4v) is 2.95. The van der Waals surface area contributed by atoms with Crippen molar-refractivity contribution in [3.8, 4) is 0 Å². The quantitative estimate of drug-likeness (QED) is 0.825. The first-order chi connectivity index (χ1) is 9.06. The van der Waals surface area contributed by atoms with Gasteiger partial charge in [-0.3, -0.25) is 0 Å². The third-order valence-corrected chi connectivity index (χ3v) is 4.46. The lowest BCUT2D eigenvalue weighted by Gasteiger charge is -2.29. The van der Waals surface area contributed by atoms with Crippen LogP contribution in [0.1, 0.15) is 68.3 Å². The minimum Gasteiger partial charge on any atom is -0.475 e. The number of nitrogens with one attached hydrogen (secondary N) is 1. The van der Waals surface area contributed by atoms with E-state index in [-0.39, 0.29) is 11.8 Å². The molecule has 1 unspecified atom stereocenters. The van der Waals surface area contributed by atoms with Crippen LogP contribution in [-0.4, -0.2) is 17.6 Å². The summed E-state index contributed by atoms with van der Waals surface area (Å²) in [5.74, 6) is -0.310. The van der Waals surface area contributed by atoms with E-state index < -0.39 is 5.97 Å². The van der Waals surface area contributed by atoms with E-state index in [0.29, 0.717) is 11.2 Å². The molecule has 1 aromatic rings. The van der Waals surface area contributed by atoms with Gasteiger partial charge in [0, 0.05) is 6.54 Å². The SMILES string of the molecule is CCC1(CNC(C)c2ccc(C(=O)O)o2)CCCC1. The number of rotatable bonds is 6. The molecule has 0 saturated heterocycles. The first kappa shape index (κ1) is 14.1. The number of aromatic carboxylic acids is 1. The van der Waals surface area contributed by atoms with Crippen molar-refractivity contribution in [3.63, 3.8) is 0 Å². The normalized spacial score (nSPS) is 19.5. The number of furan rings is 1. The Balaban J connectivity index is 1.93. The molecule has 1 saturated carbocycles. The zero-order chi connectivity index (χ0) is 13.9. The van der Waals surface area contributed by atoms with Gasteiger partial charge in [0.15, 0.2) is 0 Å². The molecular weight excluding hydrogens is 242 g/mol. The second-order valence-corrected chi connectivity index (χ2v) is 5.67. The molecule has 0 radical (unpaired) electrons. The zero-order valence-corrected chi connectivity index (χ0v) is 11.7. The number of hydrogen-bond donors (Lipinski definition) is 2. The van der Waals surface area contributed by atoms with Crippen LogP contribution >= 0.6 is 0 Å². The van der Waals surface area contributed by atoms with Gasteiger partial charge in [-0.15, -0.1) is 0 Å². The van der Waals surface area contributed by atoms with Crippen LogP contribution in [0.15, 0.2) is 16.5 Å². The lowest BCUT2D eigenvalue weighted by atomic mass is 9.83. The van der Waals surface area contributed by atoms with E-state index in [1.807, 2.05) is 6.92 Å². The van der Waals surface area contributed by atoms with Gasteiger partial charge in [0.25, 0.3) is 0 Å². The Morgan fingerprint density at radius 3 is 2.68 bits per heavy atom. The van der Waals surface area contributed by atoms with Gasteiger partial charge >= 0.3 is 5.97 Å². The van der Waals surface area contributed by atoms with Gasteiger partial charge in [-0.1, -0.05) is 19.8 Å². The van der Waals surface area contributed by atoms with Gasteiger partial charge in [0.2, 0.25) is 5.76 Å². The monoisotopic (exact) mass is 265 g/mol. The Kier molecular flexibility index (Phi) is 4.30. The second kappa shape index (κ2) is 5.78. The third-order valence-electron chi connectivity index (χ3n) is 4.46. The fourth-order valence-electron chi connectivity index (χ4n) is 2.95. The molecule has 0 bridgehead atoms. The molecular formula is C15H23NO3. The van der Waals surface area contributed by atoms with Gasteiger partial charge in [0.1, 0.15) is 5.76 Å². The summed E-state index contributed by atoms with van der Waals surface area (Å²) in [6.07, 6.45) is 6.44. The molecule has 0 amide bonds.